The third-order valence-electron chi connectivity index (χ3n) is 1.91. The lowest BCUT2D eigenvalue weighted by Crippen LogP contribution is -2.05. The molecule has 2 aromatic rings. The molecule has 0 unspecified atom stereocenters. The Balaban J connectivity index is 3.01. The second-order valence-corrected chi connectivity index (χ2v) is 6.62. The summed E-state index contributed by atoms with van der Waals surface area (Å²) >= 11 is 0.894. The highest BCUT2D eigenvalue weighted by molar-refractivity contribution is 8.15. The van der Waals surface area contributed by atoms with Gasteiger partial charge < -0.3 is 4.98 Å². The first kappa shape index (κ1) is 10.6. The number of halogens is 1. The molecule has 2 heterocycles. The van der Waals surface area contributed by atoms with Crippen LogP contribution >= 0.6 is 22.0 Å². The van der Waals surface area contributed by atoms with Crippen LogP contribution in [0, 0.1) is 6.92 Å². The van der Waals surface area contributed by atoms with Crippen LogP contribution in [-0.2, 0) is 9.05 Å². The van der Waals surface area contributed by atoms with Crippen molar-refractivity contribution in [3.63, 3.8) is 0 Å². The molecule has 80 valence electrons. The van der Waals surface area contributed by atoms with Gasteiger partial charge in [-0.05, 0) is 12.5 Å². The third kappa shape index (κ3) is 1.66. The lowest BCUT2D eigenvalue weighted by molar-refractivity contribution is 0.611. The fourth-order valence-corrected chi connectivity index (χ4v) is 3.91. The lowest BCUT2D eigenvalue weighted by Gasteiger charge is -1.91. The van der Waals surface area contributed by atoms with E-state index in [0.29, 0.717) is 10.4 Å². The molecular formula is C7H5ClN2O3S2. The van der Waals surface area contributed by atoms with Gasteiger partial charge in [0, 0.05) is 10.7 Å². The molecule has 0 bridgehead atoms. The van der Waals surface area contributed by atoms with Crippen LogP contribution in [0.2, 0.25) is 0 Å². The highest BCUT2D eigenvalue weighted by atomic mass is 35.7. The van der Waals surface area contributed by atoms with Gasteiger partial charge >= 0.3 is 0 Å². The van der Waals surface area contributed by atoms with Gasteiger partial charge in [0.2, 0.25) is 0 Å². The van der Waals surface area contributed by atoms with Gasteiger partial charge in [0.15, 0.2) is 0 Å². The van der Waals surface area contributed by atoms with Crippen molar-refractivity contribution in [1.29, 1.82) is 0 Å². The van der Waals surface area contributed by atoms with E-state index in [2.05, 4.69) is 9.97 Å². The zero-order valence-corrected chi connectivity index (χ0v) is 9.83. The minimum atomic E-state index is -3.81. The van der Waals surface area contributed by atoms with E-state index in [9.17, 15) is 13.2 Å². The maximum Gasteiger partial charge on any atom is 0.271 e. The van der Waals surface area contributed by atoms with E-state index < -0.39 is 9.05 Å². The Morgan fingerprint density at radius 1 is 1.53 bits per heavy atom. The number of hydrogen-bond donors (Lipinski definition) is 1. The highest BCUT2D eigenvalue weighted by Gasteiger charge is 2.21. The van der Waals surface area contributed by atoms with Crippen LogP contribution < -0.4 is 5.56 Å². The maximum atomic E-state index is 11.4. The first-order valence-corrected chi connectivity index (χ1v) is 6.95. The number of rotatable bonds is 1. The summed E-state index contributed by atoms with van der Waals surface area (Å²) in [5, 5.41) is 0.279. The van der Waals surface area contributed by atoms with Gasteiger partial charge in [-0.2, -0.15) is 0 Å². The second kappa shape index (κ2) is 3.29. The Kier molecular flexibility index (Phi) is 2.32. The molecular weight excluding hydrogens is 260 g/mol. The fraction of sp³-hybridized carbons (Fsp3) is 0.143. The van der Waals surface area contributed by atoms with Crippen LogP contribution in [0.5, 0.6) is 0 Å². The number of aromatic nitrogens is 2. The smallest absolute Gasteiger partial charge is 0.271 e. The predicted molar refractivity (Wildman–Crippen MR) is 58.0 cm³/mol. The van der Waals surface area contributed by atoms with Gasteiger partial charge in [-0.25, -0.2) is 13.4 Å². The number of aromatic amines is 1. The van der Waals surface area contributed by atoms with E-state index in [1.165, 1.54) is 13.3 Å². The fourth-order valence-electron chi connectivity index (χ4n) is 1.29. The summed E-state index contributed by atoms with van der Waals surface area (Å²) in [4.78, 5) is 18.0. The summed E-state index contributed by atoms with van der Waals surface area (Å²) in [6.45, 7) is 1.53. The zero-order chi connectivity index (χ0) is 11.2. The van der Waals surface area contributed by atoms with Gasteiger partial charge in [0.1, 0.15) is 9.04 Å². The summed E-state index contributed by atoms with van der Waals surface area (Å²) in [7, 11) is 1.42. The van der Waals surface area contributed by atoms with Crippen molar-refractivity contribution >= 4 is 41.3 Å². The van der Waals surface area contributed by atoms with Crippen LogP contribution in [-0.4, -0.2) is 18.4 Å². The maximum absolute atomic E-state index is 11.4. The minimum Gasteiger partial charge on any atom is -0.313 e. The van der Waals surface area contributed by atoms with Crippen molar-refractivity contribution < 1.29 is 8.42 Å². The predicted octanol–water partition coefficient (Wildman–Crippen LogP) is 1.22. The van der Waals surface area contributed by atoms with Crippen molar-refractivity contribution in [2.45, 2.75) is 11.1 Å². The average molecular weight is 265 g/mol. The number of fused-ring (bicyclic) bond motifs is 1. The van der Waals surface area contributed by atoms with Crippen LogP contribution in [0.1, 0.15) is 5.56 Å². The van der Waals surface area contributed by atoms with E-state index in [-0.39, 0.29) is 15.2 Å². The largest absolute Gasteiger partial charge is 0.313 e. The molecule has 2 rings (SSSR count). The van der Waals surface area contributed by atoms with E-state index in [4.69, 9.17) is 10.7 Å². The molecule has 15 heavy (non-hydrogen) atoms. The van der Waals surface area contributed by atoms with Crippen molar-refractivity contribution in [2.24, 2.45) is 0 Å². The summed E-state index contributed by atoms with van der Waals surface area (Å²) in [5.74, 6) is 0. The topological polar surface area (TPSA) is 79.9 Å². The Morgan fingerprint density at radius 2 is 2.20 bits per heavy atom. The third-order valence-corrected chi connectivity index (χ3v) is 5.30. The normalized spacial score (nSPS) is 12.1. The van der Waals surface area contributed by atoms with E-state index in [1.54, 1.807) is 0 Å². The van der Waals surface area contributed by atoms with E-state index >= 15 is 0 Å². The Hall–Kier alpha value is -0.920. The molecule has 0 radical (unpaired) electrons. The quantitative estimate of drug-likeness (QED) is 0.786. The molecule has 0 aliphatic rings. The van der Waals surface area contributed by atoms with Gasteiger partial charge in [0.05, 0.1) is 11.7 Å². The van der Waals surface area contributed by atoms with Crippen LogP contribution in [0.25, 0.3) is 10.2 Å². The highest BCUT2D eigenvalue weighted by Crippen LogP contribution is 2.32. The molecule has 0 aliphatic carbocycles. The number of nitrogens with zero attached hydrogens (tertiary/aromatic N) is 1. The Bertz CT molecular complexity index is 686. The van der Waals surface area contributed by atoms with Crippen LogP contribution in [0.15, 0.2) is 15.3 Å². The van der Waals surface area contributed by atoms with Crippen molar-refractivity contribution in [3.05, 3.63) is 22.2 Å². The second-order valence-electron chi connectivity index (χ2n) is 2.86. The number of hydrogen-bond acceptors (Lipinski definition) is 5. The average Bonchev–Trinajstić information content (AvgIpc) is 2.44. The molecule has 8 heteroatoms. The molecule has 1 N–H and O–H groups in total. The lowest BCUT2D eigenvalue weighted by atomic mass is 10.3. The van der Waals surface area contributed by atoms with Crippen molar-refractivity contribution in [2.75, 3.05) is 0 Å². The number of thiophene rings is 1. The molecule has 0 aromatic carbocycles. The molecule has 2 aromatic heterocycles. The van der Waals surface area contributed by atoms with Gasteiger partial charge in [0.25, 0.3) is 14.6 Å². The first-order chi connectivity index (χ1) is 6.91. The molecule has 0 aliphatic heterocycles. The standard InChI is InChI=1S/C7H5ClN2O3S2/c1-3-4-5(11)9-2-10-6(4)14-7(3)15(8,12)13/h2H,1H3,(H,9,10,11). The number of aryl methyl sites for hydroxylation is 1. The molecule has 0 amide bonds. The zero-order valence-electron chi connectivity index (χ0n) is 7.44. The van der Waals surface area contributed by atoms with E-state index in [1.807, 2.05) is 0 Å². The molecule has 0 spiro atoms. The monoisotopic (exact) mass is 264 g/mol. The first-order valence-electron chi connectivity index (χ1n) is 3.82. The summed E-state index contributed by atoms with van der Waals surface area (Å²) in [6.07, 6.45) is 1.23. The number of H-pyrrole nitrogens is 1. The summed E-state index contributed by atoms with van der Waals surface area (Å²) < 4.78 is 22.3. The Labute approximate surface area is 93.2 Å². The molecule has 0 atom stereocenters. The van der Waals surface area contributed by atoms with E-state index in [0.717, 1.165) is 11.3 Å². The molecule has 5 nitrogen and oxygen atoms in total. The minimum absolute atomic E-state index is 0.0247. The van der Waals surface area contributed by atoms with Gasteiger partial charge in [-0.1, -0.05) is 0 Å². The molecule has 0 fully saturated rings. The summed E-state index contributed by atoms with van der Waals surface area (Å²) in [6, 6.07) is 0. The van der Waals surface area contributed by atoms with Gasteiger partial charge in [-0.3, -0.25) is 4.79 Å². The van der Waals surface area contributed by atoms with Crippen molar-refractivity contribution in [3.8, 4) is 0 Å². The molecule has 0 saturated carbocycles. The van der Waals surface area contributed by atoms with Crippen LogP contribution in [0.3, 0.4) is 0 Å². The molecule has 0 saturated heterocycles. The van der Waals surface area contributed by atoms with Crippen LogP contribution in [0.4, 0.5) is 0 Å². The SMILES string of the molecule is Cc1c(S(=O)(=O)Cl)sc2nc[nH]c(=O)c12. The Morgan fingerprint density at radius 3 is 2.73 bits per heavy atom. The van der Waals surface area contributed by atoms with Gasteiger partial charge in [-0.15, -0.1) is 11.3 Å². The summed E-state index contributed by atoms with van der Waals surface area (Å²) in [5.41, 5.74) is -0.0142. The number of nitrogens with one attached hydrogen (secondary N) is 1. The van der Waals surface area contributed by atoms with Crippen molar-refractivity contribution in [1.82, 2.24) is 9.97 Å².